The van der Waals surface area contributed by atoms with Crippen molar-refractivity contribution in [3.8, 4) is 0 Å². The van der Waals surface area contributed by atoms with Crippen molar-refractivity contribution >= 4 is 23.8 Å². The number of carbonyl (C=O) groups is 4. The third-order valence-corrected chi connectivity index (χ3v) is 3.24. The first-order valence-corrected chi connectivity index (χ1v) is 7.32. The van der Waals surface area contributed by atoms with Crippen molar-refractivity contribution in [1.82, 2.24) is 5.32 Å². The molecular formula is C14H22N2O6. The van der Waals surface area contributed by atoms with Crippen LogP contribution in [0.3, 0.4) is 0 Å². The third-order valence-electron chi connectivity index (χ3n) is 3.24. The third kappa shape index (κ3) is 5.34. The van der Waals surface area contributed by atoms with E-state index in [1.54, 1.807) is 13.8 Å². The highest BCUT2D eigenvalue weighted by molar-refractivity contribution is 5.93. The smallest absolute Gasteiger partial charge is 0.312 e. The second-order valence-corrected chi connectivity index (χ2v) is 5.03. The number of primary amides is 1. The zero-order chi connectivity index (χ0) is 16.7. The number of nitrogens with one attached hydrogen (secondary N) is 1. The molecule has 0 aromatic carbocycles. The summed E-state index contributed by atoms with van der Waals surface area (Å²) in [5.41, 5.74) is 5.28. The molecule has 1 aliphatic carbocycles. The minimum Gasteiger partial charge on any atom is -0.466 e. The van der Waals surface area contributed by atoms with Crippen molar-refractivity contribution in [2.45, 2.75) is 39.2 Å². The number of hydrogen-bond donors (Lipinski definition) is 2. The molecule has 1 fully saturated rings. The van der Waals surface area contributed by atoms with Crippen LogP contribution in [0.1, 0.15) is 33.1 Å². The summed E-state index contributed by atoms with van der Waals surface area (Å²) in [6.07, 6.45) is 1.09. The lowest BCUT2D eigenvalue weighted by Gasteiger charge is -2.23. The fraction of sp³-hybridized carbons (Fsp3) is 0.714. The molecule has 2 amide bonds. The van der Waals surface area contributed by atoms with Gasteiger partial charge in [-0.1, -0.05) is 0 Å². The topological polar surface area (TPSA) is 125 Å². The van der Waals surface area contributed by atoms with Crippen molar-refractivity contribution in [2.75, 3.05) is 13.2 Å². The van der Waals surface area contributed by atoms with Gasteiger partial charge < -0.3 is 20.5 Å². The minimum atomic E-state index is -1.29. The molecule has 22 heavy (non-hydrogen) atoms. The molecular weight excluding hydrogens is 292 g/mol. The highest BCUT2D eigenvalue weighted by atomic mass is 16.5. The Bertz CT molecular complexity index is 447. The van der Waals surface area contributed by atoms with Gasteiger partial charge in [0.05, 0.1) is 25.6 Å². The highest BCUT2D eigenvalue weighted by Crippen LogP contribution is 2.29. The maximum Gasteiger partial charge on any atom is 0.312 e. The molecule has 0 aliphatic heterocycles. The number of rotatable bonds is 9. The summed E-state index contributed by atoms with van der Waals surface area (Å²) in [6, 6.07) is -1.29. The highest BCUT2D eigenvalue weighted by Gasteiger charge is 2.39. The van der Waals surface area contributed by atoms with Gasteiger partial charge in [-0.05, 0) is 26.7 Å². The van der Waals surface area contributed by atoms with Crippen LogP contribution in [0.5, 0.6) is 0 Å². The molecule has 8 nitrogen and oxygen atoms in total. The van der Waals surface area contributed by atoms with Crippen molar-refractivity contribution in [3.63, 3.8) is 0 Å². The molecule has 0 aromatic heterocycles. The monoisotopic (exact) mass is 314 g/mol. The van der Waals surface area contributed by atoms with Crippen molar-refractivity contribution in [1.29, 1.82) is 0 Å². The number of nitrogens with two attached hydrogens (primary N) is 1. The number of carbonyl (C=O) groups excluding carboxylic acids is 4. The Morgan fingerprint density at radius 1 is 1.14 bits per heavy atom. The lowest BCUT2D eigenvalue weighted by Crippen LogP contribution is -2.52. The Kier molecular flexibility index (Phi) is 6.81. The second kappa shape index (κ2) is 8.35. The molecule has 0 unspecified atom stereocenters. The van der Waals surface area contributed by atoms with Crippen LogP contribution in [-0.2, 0) is 28.7 Å². The first-order chi connectivity index (χ1) is 10.4. The fourth-order valence-corrected chi connectivity index (χ4v) is 1.97. The minimum absolute atomic E-state index is 0.0835. The average molecular weight is 314 g/mol. The lowest BCUT2D eigenvalue weighted by atomic mass is 9.95. The summed E-state index contributed by atoms with van der Waals surface area (Å²) < 4.78 is 9.65. The van der Waals surface area contributed by atoms with Crippen molar-refractivity contribution in [3.05, 3.63) is 0 Å². The molecule has 1 aliphatic rings. The van der Waals surface area contributed by atoms with Crippen LogP contribution in [-0.4, -0.2) is 43.0 Å². The molecule has 0 spiro atoms. The fourth-order valence-electron chi connectivity index (χ4n) is 1.97. The van der Waals surface area contributed by atoms with Gasteiger partial charge in [-0.15, -0.1) is 0 Å². The SMILES string of the molecule is CCOC(=O)C[C@H](C(=O)OCC)[C@@H](NC(=O)C1CC1)C(N)=O. The predicted octanol–water partition coefficient (Wildman–Crippen LogP) is -0.501. The Morgan fingerprint density at radius 2 is 1.73 bits per heavy atom. The first kappa shape index (κ1) is 17.9. The van der Waals surface area contributed by atoms with E-state index in [0.29, 0.717) is 0 Å². The van der Waals surface area contributed by atoms with E-state index in [0.717, 1.165) is 12.8 Å². The standard InChI is InChI=1S/C14H22N2O6/c1-3-21-10(17)7-9(14(20)22-4-2)11(12(15)18)16-13(19)8-5-6-8/h8-9,11H,3-7H2,1-2H3,(H2,15,18)(H,16,19)/t9-,11+/m0/s1. The van der Waals surface area contributed by atoms with E-state index in [2.05, 4.69) is 5.32 Å². The predicted molar refractivity (Wildman–Crippen MR) is 75.2 cm³/mol. The van der Waals surface area contributed by atoms with Gasteiger partial charge in [0.25, 0.3) is 0 Å². The maximum atomic E-state index is 12.0. The molecule has 0 heterocycles. The molecule has 0 aromatic rings. The quantitative estimate of drug-likeness (QED) is 0.553. The zero-order valence-corrected chi connectivity index (χ0v) is 12.8. The van der Waals surface area contributed by atoms with Crippen LogP contribution in [0, 0.1) is 11.8 Å². The van der Waals surface area contributed by atoms with Gasteiger partial charge in [-0.3, -0.25) is 19.2 Å². The van der Waals surface area contributed by atoms with Gasteiger partial charge in [-0.2, -0.15) is 0 Å². The number of esters is 2. The largest absolute Gasteiger partial charge is 0.466 e. The molecule has 0 bridgehead atoms. The Morgan fingerprint density at radius 3 is 2.18 bits per heavy atom. The van der Waals surface area contributed by atoms with E-state index >= 15 is 0 Å². The van der Waals surface area contributed by atoms with Gasteiger partial charge in [-0.25, -0.2) is 0 Å². The Hall–Kier alpha value is -2.12. The van der Waals surface area contributed by atoms with Crippen LogP contribution >= 0.6 is 0 Å². The van der Waals surface area contributed by atoms with Gasteiger partial charge >= 0.3 is 11.9 Å². The van der Waals surface area contributed by atoms with E-state index < -0.39 is 29.8 Å². The van der Waals surface area contributed by atoms with Gasteiger partial charge in [0.1, 0.15) is 6.04 Å². The second-order valence-electron chi connectivity index (χ2n) is 5.03. The van der Waals surface area contributed by atoms with E-state index in [4.69, 9.17) is 15.2 Å². The summed E-state index contributed by atoms with van der Waals surface area (Å²) in [7, 11) is 0. The van der Waals surface area contributed by atoms with Crippen LogP contribution in [0.15, 0.2) is 0 Å². The zero-order valence-electron chi connectivity index (χ0n) is 12.8. The first-order valence-electron chi connectivity index (χ1n) is 7.32. The molecule has 2 atom stereocenters. The van der Waals surface area contributed by atoms with E-state index in [1.165, 1.54) is 0 Å². The van der Waals surface area contributed by atoms with Crippen LogP contribution in [0.25, 0.3) is 0 Å². The molecule has 0 saturated heterocycles. The number of ether oxygens (including phenoxy) is 2. The molecule has 1 saturated carbocycles. The van der Waals surface area contributed by atoms with E-state index in [9.17, 15) is 19.2 Å². The summed E-state index contributed by atoms with van der Waals surface area (Å²) >= 11 is 0. The summed E-state index contributed by atoms with van der Waals surface area (Å²) in [6.45, 7) is 3.45. The van der Waals surface area contributed by atoms with Crippen molar-refractivity contribution < 1.29 is 28.7 Å². The Balaban J connectivity index is 2.85. The molecule has 8 heteroatoms. The van der Waals surface area contributed by atoms with Gasteiger partial charge in [0, 0.05) is 5.92 Å². The van der Waals surface area contributed by atoms with E-state index in [1.807, 2.05) is 0 Å². The molecule has 0 radical (unpaired) electrons. The van der Waals surface area contributed by atoms with Gasteiger partial charge in [0.15, 0.2) is 0 Å². The molecule has 3 N–H and O–H groups in total. The number of amides is 2. The maximum absolute atomic E-state index is 12.0. The lowest BCUT2D eigenvalue weighted by molar-refractivity contribution is -0.157. The molecule has 124 valence electrons. The number of hydrogen-bond acceptors (Lipinski definition) is 6. The summed E-state index contributed by atoms with van der Waals surface area (Å²) in [4.78, 5) is 47.1. The van der Waals surface area contributed by atoms with Gasteiger partial charge in [0.2, 0.25) is 11.8 Å². The van der Waals surface area contributed by atoms with Crippen LogP contribution in [0.2, 0.25) is 0 Å². The Labute approximate surface area is 128 Å². The normalized spacial score (nSPS) is 16.3. The molecule has 1 rings (SSSR count). The van der Waals surface area contributed by atoms with E-state index in [-0.39, 0.29) is 31.5 Å². The average Bonchev–Trinajstić information content (AvgIpc) is 3.27. The summed E-state index contributed by atoms with van der Waals surface area (Å²) in [5, 5.41) is 2.44. The van der Waals surface area contributed by atoms with Crippen LogP contribution in [0.4, 0.5) is 0 Å². The summed E-state index contributed by atoms with van der Waals surface area (Å²) in [5.74, 6) is -4.02. The van der Waals surface area contributed by atoms with Crippen molar-refractivity contribution in [2.24, 2.45) is 17.6 Å². The van der Waals surface area contributed by atoms with Crippen LogP contribution < -0.4 is 11.1 Å².